The average Bonchev–Trinajstić information content (AvgIpc) is 3.06. The van der Waals surface area contributed by atoms with Crippen molar-refractivity contribution in [1.82, 2.24) is 4.98 Å². The maximum atomic E-state index is 10.5. The van der Waals surface area contributed by atoms with Gasteiger partial charge in [0.1, 0.15) is 17.2 Å². The van der Waals surface area contributed by atoms with Crippen LogP contribution in [0.1, 0.15) is 11.5 Å². The van der Waals surface area contributed by atoms with Gasteiger partial charge in [0.25, 0.3) is 0 Å². The van der Waals surface area contributed by atoms with E-state index in [1.54, 1.807) is 12.1 Å². The highest BCUT2D eigenvalue weighted by Crippen LogP contribution is 2.28. The molecular formula is C20H12N2O2. The van der Waals surface area contributed by atoms with Crippen LogP contribution in [-0.2, 0) is 0 Å². The molecule has 2 heterocycles. The average molecular weight is 312 g/mol. The van der Waals surface area contributed by atoms with E-state index < -0.39 is 0 Å². The van der Waals surface area contributed by atoms with Crippen molar-refractivity contribution < 1.29 is 9.52 Å². The first-order chi connectivity index (χ1) is 11.8. The third-order valence-electron chi connectivity index (χ3n) is 3.86. The molecule has 0 amide bonds. The molecule has 1 N–H and O–H groups in total. The minimum atomic E-state index is -0.212. The van der Waals surface area contributed by atoms with Gasteiger partial charge in [-0.15, -0.1) is 0 Å². The molecular weight excluding hydrogens is 300 g/mol. The van der Waals surface area contributed by atoms with Crippen molar-refractivity contribution in [2.45, 2.75) is 0 Å². The largest absolute Gasteiger partial charge is 0.503 e. The maximum Gasteiger partial charge on any atom is 0.178 e. The highest BCUT2D eigenvalue weighted by Gasteiger charge is 2.16. The summed E-state index contributed by atoms with van der Waals surface area (Å²) in [4.78, 5) is 4.46. The SMILES string of the molecule is N#CC(=C(O)c1cc2ccccc2o1)c1ccc2ccccc2n1. The van der Waals surface area contributed by atoms with Crippen LogP contribution in [0.4, 0.5) is 0 Å². The molecule has 0 unspecified atom stereocenters. The number of furan rings is 1. The van der Waals surface area contributed by atoms with E-state index in [4.69, 9.17) is 4.42 Å². The predicted octanol–water partition coefficient (Wildman–Crippen LogP) is 4.93. The monoisotopic (exact) mass is 312 g/mol. The Kier molecular flexibility index (Phi) is 3.25. The molecule has 0 saturated carbocycles. The highest BCUT2D eigenvalue weighted by atomic mass is 16.4. The molecule has 0 radical (unpaired) electrons. The standard InChI is InChI=1S/C20H12N2O2/c21-12-15(17-10-9-13-5-1-3-7-16(13)22-17)20(23)19-11-14-6-2-4-8-18(14)24-19/h1-11,23H. The van der Waals surface area contributed by atoms with Gasteiger partial charge in [-0.05, 0) is 24.3 Å². The minimum absolute atomic E-state index is 0.0832. The molecule has 114 valence electrons. The van der Waals surface area contributed by atoms with E-state index in [9.17, 15) is 10.4 Å². The molecule has 4 nitrogen and oxygen atoms in total. The number of benzene rings is 2. The molecule has 4 heteroatoms. The van der Waals surface area contributed by atoms with E-state index in [1.165, 1.54) is 0 Å². The molecule has 0 bridgehead atoms. The number of fused-ring (bicyclic) bond motifs is 2. The van der Waals surface area contributed by atoms with Gasteiger partial charge in [0.15, 0.2) is 11.5 Å². The number of hydrogen-bond donors (Lipinski definition) is 1. The fourth-order valence-electron chi connectivity index (χ4n) is 2.66. The van der Waals surface area contributed by atoms with Gasteiger partial charge < -0.3 is 9.52 Å². The second-order valence-corrected chi connectivity index (χ2v) is 5.37. The lowest BCUT2D eigenvalue weighted by atomic mass is 10.1. The molecule has 0 saturated heterocycles. The Morgan fingerprint density at radius 2 is 1.71 bits per heavy atom. The van der Waals surface area contributed by atoms with Gasteiger partial charge in [-0.2, -0.15) is 5.26 Å². The number of nitriles is 1. The molecule has 0 fully saturated rings. The molecule has 0 atom stereocenters. The summed E-state index contributed by atoms with van der Waals surface area (Å²) < 4.78 is 5.63. The first-order valence-electron chi connectivity index (χ1n) is 7.45. The number of hydrogen-bond acceptors (Lipinski definition) is 4. The van der Waals surface area contributed by atoms with E-state index in [-0.39, 0.29) is 17.1 Å². The Labute approximate surface area is 137 Å². The van der Waals surface area contributed by atoms with Crippen LogP contribution in [0.2, 0.25) is 0 Å². The van der Waals surface area contributed by atoms with Crippen molar-refractivity contribution in [2.24, 2.45) is 0 Å². The van der Waals surface area contributed by atoms with Crippen LogP contribution in [-0.4, -0.2) is 10.1 Å². The summed E-state index contributed by atoms with van der Waals surface area (Å²) in [6.07, 6.45) is 0. The first-order valence-corrected chi connectivity index (χ1v) is 7.45. The van der Waals surface area contributed by atoms with Crippen molar-refractivity contribution in [2.75, 3.05) is 0 Å². The normalized spacial score (nSPS) is 12.1. The number of aliphatic hydroxyl groups is 1. The maximum absolute atomic E-state index is 10.5. The number of rotatable bonds is 2. The highest BCUT2D eigenvalue weighted by molar-refractivity contribution is 5.95. The smallest absolute Gasteiger partial charge is 0.178 e. The van der Waals surface area contributed by atoms with E-state index in [2.05, 4.69) is 4.98 Å². The molecule has 2 aromatic carbocycles. The number of para-hydroxylation sites is 2. The van der Waals surface area contributed by atoms with Crippen molar-refractivity contribution >= 4 is 33.2 Å². The van der Waals surface area contributed by atoms with E-state index in [1.807, 2.05) is 60.7 Å². The van der Waals surface area contributed by atoms with Crippen molar-refractivity contribution in [3.8, 4) is 6.07 Å². The Bertz CT molecular complexity index is 1100. The van der Waals surface area contributed by atoms with Gasteiger partial charge in [-0.3, -0.25) is 0 Å². The van der Waals surface area contributed by atoms with Gasteiger partial charge in [0.05, 0.1) is 11.2 Å². The number of allylic oxidation sites excluding steroid dienone is 1. The molecule has 24 heavy (non-hydrogen) atoms. The second kappa shape index (κ2) is 5.56. The third-order valence-corrected chi connectivity index (χ3v) is 3.86. The zero-order chi connectivity index (χ0) is 16.5. The van der Waals surface area contributed by atoms with Crippen LogP contribution in [0.15, 0.2) is 71.1 Å². The summed E-state index contributed by atoms with van der Waals surface area (Å²) in [6.45, 7) is 0. The van der Waals surface area contributed by atoms with E-state index >= 15 is 0 Å². The van der Waals surface area contributed by atoms with Crippen molar-refractivity contribution in [3.63, 3.8) is 0 Å². The van der Waals surface area contributed by atoms with Gasteiger partial charge in [-0.25, -0.2) is 4.98 Å². The minimum Gasteiger partial charge on any atom is -0.503 e. The number of aliphatic hydroxyl groups excluding tert-OH is 1. The first kappa shape index (κ1) is 14.0. The summed E-state index contributed by atoms with van der Waals surface area (Å²) >= 11 is 0. The van der Waals surface area contributed by atoms with Gasteiger partial charge >= 0.3 is 0 Å². The summed E-state index contributed by atoms with van der Waals surface area (Å²) in [6, 6.07) is 22.4. The molecule has 2 aromatic heterocycles. The van der Waals surface area contributed by atoms with Crippen LogP contribution in [0, 0.1) is 11.3 Å². The summed E-state index contributed by atoms with van der Waals surface area (Å²) in [5, 5.41) is 21.9. The zero-order valence-electron chi connectivity index (χ0n) is 12.6. The fraction of sp³-hybridized carbons (Fsp3) is 0. The Hall–Kier alpha value is -3.58. The Balaban J connectivity index is 1.88. The molecule has 0 aliphatic carbocycles. The van der Waals surface area contributed by atoms with Gasteiger partial charge in [0, 0.05) is 10.8 Å². The number of aromatic nitrogens is 1. The Morgan fingerprint density at radius 1 is 0.958 bits per heavy atom. The van der Waals surface area contributed by atoms with E-state index in [0.717, 1.165) is 16.3 Å². The molecule has 4 aromatic rings. The molecule has 0 aliphatic heterocycles. The lowest BCUT2D eigenvalue weighted by Crippen LogP contribution is -1.93. The van der Waals surface area contributed by atoms with Crippen LogP contribution in [0.3, 0.4) is 0 Å². The van der Waals surface area contributed by atoms with Gasteiger partial charge in [0.2, 0.25) is 0 Å². The summed E-state index contributed by atoms with van der Waals surface area (Å²) in [5.41, 5.74) is 1.91. The molecule has 4 rings (SSSR count). The van der Waals surface area contributed by atoms with Crippen LogP contribution >= 0.6 is 0 Å². The quantitative estimate of drug-likeness (QED) is 0.421. The zero-order valence-corrected chi connectivity index (χ0v) is 12.6. The molecule has 0 aliphatic rings. The van der Waals surface area contributed by atoms with Crippen molar-refractivity contribution in [3.05, 3.63) is 78.2 Å². The molecule has 0 spiro atoms. The summed E-state index contributed by atoms with van der Waals surface area (Å²) in [5.74, 6) is 0.0409. The summed E-state index contributed by atoms with van der Waals surface area (Å²) in [7, 11) is 0. The lowest BCUT2D eigenvalue weighted by molar-refractivity contribution is 0.473. The lowest BCUT2D eigenvalue weighted by Gasteiger charge is -2.03. The second-order valence-electron chi connectivity index (χ2n) is 5.37. The van der Waals surface area contributed by atoms with Crippen LogP contribution < -0.4 is 0 Å². The van der Waals surface area contributed by atoms with Crippen molar-refractivity contribution in [1.29, 1.82) is 5.26 Å². The van der Waals surface area contributed by atoms with Crippen LogP contribution in [0.25, 0.3) is 33.2 Å². The number of nitrogens with zero attached hydrogens (tertiary/aromatic N) is 2. The third kappa shape index (κ3) is 2.29. The predicted molar refractivity (Wildman–Crippen MR) is 93.0 cm³/mol. The Morgan fingerprint density at radius 3 is 2.50 bits per heavy atom. The van der Waals surface area contributed by atoms with Gasteiger partial charge in [-0.1, -0.05) is 42.5 Å². The number of pyridine rings is 1. The van der Waals surface area contributed by atoms with E-state index in [0.29, 0.717) is 11.3 Å². The fourth-order valence-corrected chi connectivity index (χ4v) is 2.66. The topological polar surface area (TPSA) is 70.0 Å². The van der Waals surface area contributed by atoms with Crippen LogP contribution in [0.5, 0.6) is 0 Å².